The molecule has 1 aromatic heterocycles. The van der Waals surface area contributed by atoms with Crippen LogP contribution in [0.2, 0.25) is 0 Å². The van der Waals surface area contributed by atoms with Gasteiger partial charge in [0.15, 0.2) is 27.0 Å². The number of nitrogens with one attached hydrogen (secondary N) is 2. The van der Waals surface area contributed by atoms with Crippen LogP contribution >= 0.6 is 21.3 Å². The molecule has 6 nitrogen and oxygen atoms in total. The zero-order valence-electron chi connectivity index (χ0n) is 12.7. The van der Waals surface area contributed by atoms with Crippen molar-refractivity contribution in [1.82, 2.24) is 4.98 Å². The number of nitrogen functional groups attached to an aromatic ring is 1. The lowest BCUT2D eigenvalue weighted by molar-refractivity contribution is -0.348. The average Bonchev–Trinajstić information content (AvgIpc) is 2.90. The van der Waals surface area contributed by atoms with Crippen LogP contribution in [-0.2, 0) is 6.54 Å². The molecule has 0 radical (unpaired) electrons. The fraction of sp³-hybridized carbons (Fsp3) is 0.333. The third kappa shape index (κ3) is 3.34. The Balaban J connectivity index is 1.83. The van der Waals surface area contributed by atoms with Crippen molar-refractivity contribution in [3.05, 3.63) is 35.9 Å². The minimum atomic E-state index is -0.452. The number of aromatic amines is 1. The molecule has 1 aromatic carbocycles. The number of benzene rings is 1. The molecule has 7 heteroatoms. The van der Waals surface area contributed by atoms with Crippen LogP contribution in [0, 0.1) is 5.92 Å². The van der Waals surface area contributed by atoms with E-state index in [1.807, 2.05) is 6.07 Å². The van der Waals surface area contributed by atoms with Crippen LogP contribution < -0.4 is 19.1 Å². The largest absolute Gasteiger partial charge is 0.371 e. The maximum absolute atomic E-state index is 6.06. The van der Waals surface area contributed by atoms with Gasteiger partial charge >= 0.3 is 5.95 Å². The van der Waals surface area contributed by atoms with E-state index in [0.29, 0.717) is 17.7 Å². The first-order valence-electron chi connectivity index (χ1n) is 7.27. The van der Waals surface area contributed by atoms with E-state index in [2.05, 4.69) is 59.7 Å². The van der Waals surface area contributed by atoms with E-state index in [-0.39, 0.29) is 0 Å². The van der Waals surface area contributed by atoms with E-state index in [4.69, 9.17) is 5.73 Å². The van der Waals surface area contributed by atoms with Crippen molar-refractivity contribution in [3.63, 3.8) is 0 Å². The van der Waals surface area contributed by atoms with Gasteiger partial charge in [-0.1, -0.05) is 49.2 Å². The topological polar surface area (TPSA) is 80.7 Å². The van der Waals surface area contributed by atoms with Crippen molar-refractivity contribution in [2.24, 2.45) is 9.06 Å². The quantitative estimate of drug-likeness (QED) is 0.585. The number of hydrogen-bond acceptors (Lipinski definition) is 5. The second kappa shape index (κ2) is 6.55. The predicted octanol–water partition coefficient (Wildman–Crippen LogP) is 3.27. The molecule has 2 aromatic rings. The lowest BCUT2D eigenvalue weighted by Gasteiger charge is -2.11. The van der Waals surface area contributed by atoms with E-state index in [9.17, 15) is 0 Å². The number of hydrogen-bond donors (Lipinski definition) is 2. The summed E-state index contributed by atoms with van der Waals surface area (Å²) in [5.41, 5.74) is 8.13. The normalized spacial score (nSPS) is 13.1. The number of nitrogens with zero attached hydrogens (tertiary/aromatic N) is 3. The van der Waals surface area contributed by atoms with Crippen molar-refractivity contribution in [1.29, 1.82) is 0 Å². The molecule has 116 valence electrons. The molecule has 0 bridgehead atoms. The van der Waals surface area contributed by atoms with Gasteiger partial charge < -0.3 is 5.73 Å². The number of fused-ring (bicyclic) bond motifs is 1. The standard InChI is InChI=1S/C15H19IN6/c1-10(2)8-18-15-19-13(17)12-14(20-15)22(16-21-12)9-11-6-4-3-5-7-11/h3-7,10H,8-9H2,1-2H3,(H3,17,18,19,20)/p+1. The van der Waals surface area contributed by atoms with Gasteiger partial charge in [-0.05, 0) is 11.5 Å². The molecule has 4 N–H and O–H groups in total. The molecule has 22 heavy (non-hydrogen) atoms. The molecule has 0 saturated heterocycles. The lowest BCUT2D eigenvalue weighted by atomic mass is 10.2. The molecule has 0 atom stereocenters. The Morgan fingerprint density at radius 2 is 2.09 bits per heavy atom. The number of halogens is 1. The first-order valence-corrected chi connectivity index (χ1v) is 9.20. The van der Waals surface area contributed by atoms with Crippen molar-refractivity contribution in [2.75, 3.05) is 20.7 Å². The fourth-order valence-corrected chi connectivity index (χ4v) is 4.17. The SMILES string of the molecule is CC(C)CNc1nc(N)c2c([nH+]1)N(Cc1ccccc1)I=N2. The van der Waals surface area contributed by atoms with Gasteiger partial charge in [0.2, 0.25) is 11.6 Å². The van der Waals surface area contributed by atoms with Crippen molar-refractivity contribution < 1.29 is 4.98 Å². The highest BCUT2D eigenvalue weighted by Gasteiger charge is 2.27. The summed E-state index contributed by atoms with van der Waals surface area (Å²) in [6.45, 7) is 6.01. The first-order chi connectivity index (χ1) is 10.6. The second-order valence-electron chi connectivity index (χ2n) is 5.61. The van der Waals surface area contributed by atoms with Crippen LogP contribution in [0.25, 0.3) is 0 Å². The number of aromatic nitrogens is 2. The highest BCUT2D eigenvalue weighted by molar-refractivity contribution is 14.2. The van der Waals surface area contributed by atoms with Gasteiger partial charge in [0.05, 0.1) is 13.1 Å². The molecular weight excluding hydrogens is 391 g/mol. The Bertz CT molecular complexity index is 686. The maximum atomic E-state index is 6.06. The fourth-order valence-electron chi connectivity index (χ4n) is 2.11. The molecule has 0 amide bonds. The number of anilines is 3. The summed E-state index contributed by atoms with van der Waals surface area (Å²) in [5, 5.41) is 3.30. The molecular formula is C15H20IN6+. The summed E-state index contributed by atoms with van der Waals surface area (Å²) in [5.74, 6) is 2.73. The van der Waals surface area contributed by atoms with Crippen molar-refractivity contribution in [3.8, 4) is 0 Å². The second-order valence-corrected chi connectivity index (χ2v) is 7.69. The molecule has 1 aliphatic rings. The molecule has 0 saturated carbocycles. The molecule has 0 spiro atoms. The van der Waals surface area contributed by atoms with E-state index < -0.39 is 21.3 Å². The summed E-state index contributed by atoms with van der Waals surface area (Å²) >= 11 is -0.452. The first kappa shape index (κ1) is 15.1. The van der Waals surface area contributed by atoms with Gasteiger partial charge in [0.25, 0.3) is 0 Å². The van der Waals surface area contributed by atoms with E-state index in [0.717, 1.165) is 24.6 Å². The van der Waals surface area contributed by atoms with Crippen LogP contribution in [0.3, 0.4) is 0 Å². The van der Waals surface area contributed by atoms with Gasteiger partial charge in [0.1, 0.15) is 0 Å². The molecule has 0 fully saturated rings. The van der Waals surface area contributed by atoms with Crippen LogP contribution in [0.1, 0.15) is 19.4 Å². The highest BCUT2D eigenvalue weighted by atomic mass is 127. The minimum Gasteiger partial charge on any atom is -0.371 e. The van der Waals surface area contributed by atoms with Crippen molar-refractivity contribution >= 4 is 44.6 Å². The monoisotopic (exact) mass is 411 g/mol. The van der Waals surface area contributed by atoms with E-state index in [1.165, 1.54) is 5.56 Å². The maximum Gasteiger partial charge on any atom is 0.347 e. The summed E-state index contributed by atoms with van der Waals surface area (Å²) in [7, 11) is 0. The highest BCUT2D eigenvalue weighted by Crippen LogP contribution is 2.43. The van der Waals surface area contributed by atoms with Crippen LogP contribution in [0.15, 0.2) is 33.5 Å². The third-order valence-corrected chi connectivity index (χ3v) is 5.28. The average molecular weight is 411 g/mol. The number of nitrogens with two attached hydrogens (primary N) is 1. The van der Waals surface area contributed by atoms with Crippen LogP contribution in [0.4, 0.5) is 23.3 Å². The summed E-state index contributed by atoms with van der Waals surface area (Å²) < 4.78 is 6.88. The molecule has 1 aliphatic heterocycles. The Hall–Kier alpha value is -1.77. The van der Waals surface area contributed by atoms with Gasteiger partial charge in [-0.3, -0.25) is 5.32 Å². The Morgan fingerprint density at radius 1 is 1.32 bits per heavy atom. The van der Waals surface area contributed by atoms with Crippen LogP contribution in [0.5, 0.6) is 0 Å². The van der Waals surface area contributed by atoms with Gasteiger partial charge in [-0.2, -0.15) is 3.15 Å². The third-order valence-electron chi connectivity index (χ3n) is 3.23. The number of H-pyrrole nitrogens is 1. The molecule has 0 aliphatic carbocycles. The Labute approximate surface area is 140 Å². The summed E-state index contributed by atoms with van der Waals surface area (Å²) in [4.78, 5) is 7.72. The Kier molecular flexibility index (Phi) is 4.51. The zero-order valence-corrected chi connectivity index (χ0v) is 14.8. The van der Waals surface area contributed by atoms with Gasteiger partial charge in [0, 0.05) is 0 Å². The molecule has 0 unspecified atom stereocenters. The van der Waals surface area contributed by atoms with E-state index >= 15 is 0 Å². The smallest absolute Gasteiger partial charge is 0.347 e. The Morgan fingerprint density at radius 3 is 2.82 bits per heavy atom. The molecule has 2 heterocycles. The van der Waals surface area contributed by atoms with Crippen LogP contribution in [-0.4, -0.2) is 11.5 Å². The predicted molar refractivity (Wildman–Crippen MR) is 97.3 cm³/mol. The number of rotatable bonds is 5. The summed E-state index contributed by atoms with van der Waals surface area (Å²) in [6.07, 6.45) is 0. The molecule has 3 rings (SSSR count). The van der Waals surface area contributed by atoms with Crippen molar-refractivity contribution in [2.45, 2.75) is 20.4 Å². The van der Waals surface area contributed by atoms with Gasteiger partial charge in [-0.25, -0.2) is 8.10 Å². The van der Waals surface area contributed by atoms with Gasteiger partial charge in [-0.15, -0.1) is 0 Å². The lowest BCUT2D eigenvalue weighted by Crippen LogP contribution is -2.25. The van der Waals surface area contributed by atoms with E-state index in [1.54, 1.807) is 0 Å². The zero-order chi connectivity index (χ0) is 15.5. The minimum absolute atomic E-state index is 0.452. The summed E-state index contributed by atoms with van der Waals surface area (Å²) in [6, 6.07) is 10.4.